The molecule has 3 aromatic rings. The van der Waals surface area contributed by atoms with Crippen molar-refractivity contribution < 1.29 is 4.39 Å². The summed E-state index contributed by atoms with van der Waals surface area (Å²) in [4.78, 5) is 14.3. The van der Waals surface area contributed by atoms with Crippen molar-refractivity contribution in [3.63, 3.8) is 0 Å². The smallest absolute Gasteiger partial charge is 0.140 e. The van der Waals surface area contributed by atoms with Gasteiger partial charge in [-0.2, -0.15) is 0 Å². The van der Waals surface area contributed by atoms with Crippen LogP contribution in [-0.4, -0.2) is 41.0 Å². The average Bonchev–Trinajstić information content (AvgIpc) is 3.41. The summed E-state index contributed by atoms with van der Waals surface area (Å²) in [5.41, 5.74) is 11.8. The molecule has 212 valence electrons. The van der Waals surface area contributed by atoms with E-state index in [0.717, 1.165) is 79.5 Å². The molecule has 0 saturated carbocycles. The molecule has 1 spiro atoms. The predicted octanol–water partition coefficient (Wildman–Crippen LogP) is 7.16. The zero-order chi connectivity index (χ0) is 24.9. The van der Waals surface area contributed by atoms with Gasteiger partial charge in [0.15, 0.2) is 0 Å². The van der Waals surface area contributed by atoms with Crippen LogP contribution in [0.2, 0.25) is 5.02 Å². The topological polar surface area (TPSA) is 58.3 Å². The first kappa shape index (κ1) is 31.9. The lowest BCUT2D eigenvalue weighted by Gasteiger charge is -2.44. The summed E-state index contributed by atoms with van der Waals surface area (Å²) in [5.74, 6) is 1.26. The summed E-state index contributed by atoms with van der Waals surface area (Å²) in [7, 11) is 0. The fourth-order valence-electron chi connectivity index (χ4n) is 6.85. The minimum Gasteiger partial charge on any atom is -0.330 e. The predicted molar refractivity (Wildman–Crippen MR) is 164 cm³/mol. The number of anilines is 2. The van der Waals surface area contributed by atoms with E-state index < -0.39 is 0 Å². The maximum Gasteiger partial charge on any atom is 0.140 e. The van der Waals surface area contributed by atoms with Crippen LogP contribution in [0.5, 0.6) is 0 Å². The lowest BCUT2D eigenvalue weighted by molar-refractivity contribution is 0.104. The molecule has 0 bridgehead atoms. The van der Waals surface area contributed by atoms with Gasteiger partial charge < -0.3 is 10.6 Å². The van der Waals surface area contributed by atoms with Crippen LogP contribution in [-0.2, 0) is 11.8 Å². The van der Waals surface area contributed by atoms with Gasteiger partial charge in [-0.05, 0) is 92.6 Å². The van der Waals surface area contributed by atoms with Crippen LogP contribution >= 0.6 is 48.8 Å². The van der Waals surface area contributed by atoms with Gasteiger partial charge in [-0.3, -0.25) is 4.90 Å². The fraction of sp³-hybridized carbons (Fsp3) is 0.448. The molecule has 1 aliphatic carbocycles. The number of benzene rings is 2. The summed E-state index contributed by atoms with van der Waals surface area (Å²) in [6.45, 7) is 5.53. The molecule has 2 aliphatic heterocycles. The van der Waals surface area contributed by atoms with Crippen LogP contribution in [0, 0.1) is 5.82 Å². The van der Waals surface area contributed by atoms with Crippen LogP contribution in [0.4, 0.5) is 15.9 Å². The number of nitrogens with two attached hydrogens (primary N) is 1. The monoisotopic (exact) mass is 613 g/mol. The fourth-order valence-corrected chi connectivity index (χ4v) is 6.98. The molecule has 6 rings (SSSR count). The molecule has 3 aliphatic rings. The summed E-state index contributed by atoms with van der Waals surface area (Å²) < 4.78 is 14.7. The molecule has 3 heterocycles. The number of fused-ring (bicyclic) bond motifs is 3. The van der Waals surface area contributed by atoms with Crippen LogP contribution < -0.4 is 10.6 Å². The van der Waals surface area contributed by atoms with Crippen molar-refractivity contribution in [2.75, 3.05) is 31.1 Å². The second kappa shape index (κ2) is 12.9. The number of halogens is 5. The molecule has 3 atom stereocenters. The number of aromatic nitrogens is 2. The SMILES string of the molecule is C[C@@H]1CCc2ncnc(N3C[C@]4(CCCN([C@H](CCN)c5ccc(Cl)cc5)C4)c4cc(F)ccc43)c21.Cl.Cl.Cl. The number of hydrogen-bond acceptors (Lipinski definition) is 5. The minimum absolute atomic E-state index is 0. The van der Waals surface area contributed by atoms with Gasteiger partial charge in [0.05, 0.1) is 0 Å². The van der Waals surface area contributed by atoms with E-state index in [-0.39, 0.29) is 54.5 Å². The maximum absolute atomic E-state index is 14.7. The summed E-state index contributed by atoms with van der Waals surface area (Å²) in [6.07, 6.45) is 6.74. The van der Waals surface area contributed by atoms with Gasteiger partial charge >= 0.3 is 0 Å². The van der Waals surface area contributed by atoms with E-state index in [1.54, 1.807) is 18.5 Å². The molecule has 1 saturated heterocycles. The minimum atomic E-state index is -0.176. The van der Waals surface area contributed by atoms with Crippen LogP contribution in [0.3, 0.4) is 0 Å². The van der Waals surface area contributed by atoms with Crippen LogP contribution in [0.15, 0.2) is 48.8 Å². The van der Waals surface area contributed by atoms with E-state index in [9.17, 15) is 4.39 Å². The number of hydrogen-bond donors (Lipinski definition) is 1. The van der Waals surface area contributed by atoms with Crippen LogP contribution in [0.1, 0.15) is 67.0 Å². The Bertz CT molecular complexity index is 1280. The van der Waals surface area contributed by atoms with Gasteiger partial charge in [-0.25, -0.2) is 14.4 Å². The Hall–Kier alpha value is -1.67. The highest BCUT2D eigenvalue weighted by molar-refractivity contribution is 6.30. The molecule has 0 unspecified atom stereocenters. The number of piperidine rings is 1. The Kier molecular flexibility index (Phi) is 10.5. The quantitative estimate of drug-likeness (QED) is 0.330. The molecule has 2 N–H and O–H groups in total. The molecule has 0 amide bonds. The van der Waals surface area contributed by atoms with E-state index in [4.69, 9.17) is 22.3 Å². The first-order valence-electron chi connectivity index (χ1n) is 13.1. The highest BCUT2D eigenvalue weighted by atomic mass is 35.5. The molecule has 0 radical (unpaired) electrons. The van der Waals surface area contributed by atoms with E-state index in [0.29, 0.717) is 12.5 Å². The van der Waals surface area contributed by atoms with Gasteiger partial charge in [0.25, 0.3) is 0 Å². The zero-order valence-corrected chi connectivity index (χ0v) is 25.2. The lowest BCUT2D eigenvalue weighted by Crippen LogP contribution is -2.49. The van der Waals surface area contributed by atoms with Crippen molar-refractivity contribution in [3.05, 3.63) is 82.0 Å². The lowest BCUT2D eigenvalue weighted by atomic mass is 9.75. The van der Waals surface area contributed by atoms with Gasteiger partial charge in [-0.1, -0.05) is 30.7 Å². The molecule has 5 nitrogen and oxygen atoms in total. The van der Waals surface area contributed by atoms with Crippen molar-refractivity contribution in [2.24, 2.45) is 5.73 Å². The van der Waals surface area contributed by atoms with Gasteiger partial charge in [-0.15, -0.1) is 37.2 Å². The molecule has 2 aromatic carbocycles. The normalized spacial score (nSPS) is 22.4. The van der Waals surface area contributed by atoms with Crippen molar-refractivity contribution in [1.29, 1.82) is 0 Å². The molecule has 1 fully saturated rings. The second-order valence-corrected chi connectivity index (χ2v) is 11.2. The van der Waals surface area contributed by atoms with E-state index in [2.05, 4.69) is 33.8 Å². The molecule has 10 heteroatoms. The number of nitrogens with zero attached hydrogens (tertiary/aromatic N) is 4. The van der Waals surface area contributed by atoms with E-state index in [1.165, 1.54) is 11.1 Å². The zero-order valence-electron chi connectivity index (χ0n) is 22.0. The third kappa shape index (κ3) is 5.74. The first-order chi connectivity index (χ1) is 17.5. The summed E-state index contributed by atoms with van der Waals surface area (Å²) in [6, 6.07) is 13.7. The van der Waals surface area contributed by atoms with Crippen molar-refractivity contribution in [2.45, 2.75) is 56.4 Å². The Labute approximate surface area is 253 Å². The maximum atomic E-state index is 14.7. The number of likely N-dealkylation sites (tertiary alicyclic amines) is 1. The second-order valence-electron chi connectivity index (χ2n) is 10.7. The summed E-state index contributed by atoms with van der Waals surface area (Å²) in [5, 5.41) is 0.739. The highest BCUT2D eigenvalue weighted by Gasteiger charge is 2.48. The Morgan fingerprint density at radius 3 is 2.62 bits per heavy atom. The van der Waals surface area contributed by atoms with Gasteiger partial charge in [0.2, 0.25) is 0 Å². The number of aryl methyl sites for hydroxylation is 1. The molecule has 1 aromatic heterocycles. The van der Waals surface area contributed by atoms with Crippen molar-refractivity contribution in [1.82, 2.24) is 14.9 Å². The largest absolute Gasteiger partial charge is 0.330 e. The third-order valence-corrected chi connectivity index (χ3v) is 8.78. The Morgan fingerprint density at radius 1 is 1.10 bits per heavy atom. The standard InChI is InChI=1S/C29H33ClFN5.3ClH/c1-19-3-9-24-27(19)28(34-18-33-24)36-17-29(23-15-22(31)8-10-26(23)36)12-2-14-35(16-29)25(11-13-32)20-4-6-21(30)7-5-20;;;/h4-8,10,15,18-19,25H,2-3,9,11-14,16-17,32H2,1H3;3*1H/t19-,25-,29-;;;/m1.../s1. The molecule has 39 heavy (non-hydrogen) atoms. The Balaban J connectivity index is 0.00000140. The number of rotatable bonds is 5. The molecular weight excluding hydrogens is 579 g/mol. The van der Waals surface area contributed by atoms with Crippen molar-refractivity contribution >= 4 is 60.3 Å². The van der Waals surface area contributed by atoms with Crippen molar-refractivity contribution in [3.8, 4) is 0 Å². The Morgan fingerprint density at radius 2 is 1.87 bits per heavy atom. The van der Waals surface area contributed by atoms with Crippen LogP contribution in [0.25, 0.3) is 0 Å². The summed E-state index contributed by atoms with van der Waals surface area (Å²) >= 11 is 6.18. The van der Waals surface area contributed by atoms with Gasteiger partial charge in [0.1, 0.15) is 18.0 Å². The highest BCUT2D eigenvalue weighted by Crippen LogP contribution is 2.51. The third-order valence-electron chi connectivity index (χ3n) is 8.53. The van der Waals surface area contributed by atoms with E-state index in [1.807, 2.05) is 18.2 Å². The van der Waals surface area contributed by atoms with E-state index >= 15 is 0 Å². The van der Waals surface area contributed by atoms with Gasteiger partial charge in [0, 0.05) is 46.5 Å². The molecular formula is C29H36Cl4FN5. The first-order valence-corrected chi connectivity index (χ1v) is 13.5. The average molecular weight is 615 g/mol.